The Balaban J connectivity index is 2.70. The van der Waals surface area contributed by atoms with Crippen LogP contribution in [0.3, 0.4) is 0 Å². The molecule has 8 heteroatoms. The summed E-state index contributed by atoms with van der Waals surface area (Å²) in [5, 5.41) is 33.6. The van der Waals surface area contributed by atoms with Gasteiger partial charge in [-0.3, -0.25) is 20.2 Å². The van der Waals surface area contributed by atoms with Crippen LogP contribution in [0.4, 0.5) is 11.4 Å². The van der Waals surface area contributed by atoms with Gasteiger partial charge in [-0.15, -0.1) is 12.6 Å². The van der Waals surface area contributed by atoms with Gasteiger partial charge in [0.25, 0.3) is 11.4 Å². The van der Waals surface area contributed by atoms with Crippen LogP contribution in [-0.2, 0) is 17.3 Å². The fourth-order valence-electron chi connectivity index (χ4n) is 3.26. The Hall–Kier alpha value is -2.61. The lowest BCUT2D eigenvalue weighted by Gasteiger charge is -2.28. The number of nitro groups is 2. The molecule has 0 amide bonds. The third-order valence-corrected chi connectivity index (χ3v) is 5.21. The second kappa shape index (κ2) is 7.67. The highest BCUT2D eigenvalue weighted by molar-refractivity contribution is 7.80. The molecule has 156 valence electrons. The van der Waals surface area contributed by atoms with Gasteiger partial charge in [-0.2, -0.15) is 0 Å². The van der Waals surface area contributed by atoms with Crippen molar-refractivity contribution in [3.63, 3.8) is 0 Å². The van der Waals surface area contributed by atoms with Gasteiger partial charge in [0.05, 0.1) is 9.85 Å². The van der Waals surface area contributed by atoms with Gasteiger partial charge >= 0.3 is 0 Å². The Morgan fingerprint density at radius 1 is 0.931 bits per heavy atom. The van der Waals surface area contributed by atoms with Gasteiger partial charge in [-0.05, 0) is 33.6 Å². The zero-order chi connectivity index (χ0) is 22.3. The number of nitro benzene ring substituents is 2. The van der Waals surface area contributed by atoms with E-state index in [1.54, 1.807) is 0 Å². The number of aromatic hydroxyl groups is 1. The van der Waals surface area contributed by atoms with Crippen molar-refractivity contribution in [1.29, 1.82) is 0 Å². The van der Waals surface area contributed by atoms with Crippen LogP contribution in [0.25, 0.3) is 0 Å². The zero-order valence-corrected chi connectivity index (χ0v) is 18.3. The molecule has 0 atom stereocenters. The molecule has 0 aromatic heterocycles. The maximum Gasteiger partial charge on any atom is 0.293 e. The molecule has 0 aliphatic heterocycles. The largest absolute Gasteiger partial charge is 0.507 e. The number of hydrogen-bond donors (Lipinski definition) is 2. The van der Waals surface area contributed by atoms with Crippen molar-refractivity contribution >= 4 is 24.0 Å². The molecule has 2 rings (SSSR count). The third-order valence-electron chi connectivity index (χ3n) is 4.77. The zero-order valence-electron chi connectivity index (χ0n) is 17.4. The molecule has 0 unspecified atom stereocenters. The Morgan fingerprint density at radius 3 is 1.79 bits per heavy atom. The summed E-state index contributed by atoms with van der Waals surface area (Å²) >= 11 is 4.05. The van der Waals surface area contributed by atoms with Crippen LogP contribution in [0.1, 0.15) is 63.8 Å². The van der Waals surface area contributed by atoms with Gasteiger partial charge in [0.1, 0.15) is 5.75 Å². The van der Waals surface area contributed by atoms with Gasteiger partial charge in [0, 0.05) is 18.1 Å². The number of nitrogens with zero attached hydrogens (tertiary/aromatic N) is 2. The quantitative estimate of drug-likeness (QED) is 0.377. The lowest BCUT2D eigenvalue weighted by atomic mass is 9.78. The Bertz CT molecular complexity index is 953. The summed E-state index contributed by atoms with van der Waals surface area (Å²) in [6, 6.07) is 6.32. The summed E-state index contributed by atoms with van der Waals surface area (Å²) in [6.07, 6.45) is 0.189. The molecule has 1 N–H and O–H groups in total. The number of hydrogen-bond acceptors (Lipinski definition) is 6. The maximum atomic E-state index is 11.6. The molecule has 0 spiro atoms. The molecular formula is C21H26N2O5S. The summed E-state index contributed by atoms with van der Waals surface area (Å²) in [6.45, 7) is 11.9. The second-order valence-corrected chi connectivity index (χ2v) is 9.62. The number of phenolic OH excluding ortho intramolecular Hbond substituents is 1. The SMILES string of the molecule is CC(C)(C)c1cc(Cc2ccc([N+](=O)[O-])c(S)c2[N+](=O)[O-])cc(C(C)(C)C)c1O. The number of benzene rings is 2. The lowest BCUT2D eigenvalue weighted by molar-refractivity contribution is -0.400. The molecule has 2 aromatic rings. The minimum Gasteiger partial charge on any atom is -0.507 e. The van der Waals surface area contributed by atoms with Crippen molar-refractivity contribution in [3.05, 3.63) is 66.7 Å². The fraction of sp³-hybridized carbons (Fsp3) is 0.429. The smallest absolute Gasteiger partial charge is 0.293 e. The number of thiol groups is 1. The molecule has 2 aromatic carbocycles. The van der Waals surface area contributed by atoms with Gasteiger partial charge in [-0.25, -0.2) is 0 Å². The second-order valence-electron chi connectivity index (χ2n) is 9.17. The summed E-state index contributed by atoms with van der Waals surface area (Å²) in [7, 11) is 0. The summed E-state index contributed by atoms with van der Waals surface area (Å²) < 4.78 is 0. The van der Waals surface area contributed by atoms with E-state index in [9.17, 15) is 25.3 Å². The molecule has 0 bridgehead atoms. The van der Waals surface area contributed by atoms with Gasteiger partial charge < -0.3 is 5.11 Å². The standard InChI is InChI=1S/C21H26N2O5S/c1-20(2,3)14-10-12(11-15(18(14)24)21(4,5)6)9-13-7-8-16(22(25)26)19(29)17(13)23(27)28/h7-8,10-11,24,29H,9H2,1-6H3. The van der Waals surface area contributed by atoms with Crippen molar-refractivity contribution in [2.24, 2.45) is 0 Å². The highest BCUT2D eigenvalue weighted by Crippen LogP contribution is 2.41. The van der Waals surface area contributed by atoms with Crippen LogP contribution in [0.5, 0.6) is 5.75 Å². The van der Waals surface area contributed by atoms with Crippen molar-refractivity contribution in [2.75, 3.05) is 0 Å². The minimum absolute atomic E-state index is 0.189. The summed E-state index contributed by atoms with van der Waals surface area (Å²) in [5.41, 5.74) is 1.15. The first-order valence-corrected chi connectivity index (χ1v) is 9.59. The molecular weight excluding hydrogens is 392 g/mol. The van der Waals surface area contributed by atoms with E-state index >= 15 is 0 Å². The Kier molecular flexibility index (Phi) is 5.99. The monoisotopic (exact) mass is 418 g/mol. The minimum atomic E-state index is -0.685. The van der Waals surface area contributed by atoms with E-state index < -0.39 is 15.5 Å². The highest BCUT2D eigenvalue weighted by atomic mass is 32.1. The molecule has 0 fully saturated rings. The highest BCUT2D eigenvalue weighted by Gasteiger charge is 2.29. The van der Waals surface area contributed by atoms with Crippen molar-refractivity contribution in [1.82, 2.24) is 0 Å². The van der Waals surface area contributed by atoms with Crippen LogP contribution in [0, 0.1) is 20.2 Å². The molecule has 29 heavy (non-hydrogen) atoms. The molecule has 7 nitrogen and oxygen atoms in total. The van der Waals surface area contributed by atoms with Gasteiger partial charge in [0.15, 0.2) is 4.90 Å². The first kappa shape index (κ1) is 22.7. The average Bonchev–Trinajstić information content (AvgIpc) is 2.53. The van der Waals surface area contributed by atoms with Gasteiger partial charge in [0.2, 0.25) is 0 Å². The van der Waals surface area contributed by atoms with E-state index in [1.807, 2.05) is 53.7 Å². The van der Waals surface area contributed by atoms with Crippen LogP contribution >= 0.6 is 12.6 Å². The Labute approximate surface area is 175 Å². The molecule has 0 aliphatic rings. The van der Waals surface area contributed by atoms with E-state index in [0.717, 1.165) is 16.7 Å². The van der Waals surface area contributed by atoms with E-state index in [0.29, 0.717) is 5.56 Å². The van der Waals surface area contributed by atoms with Crippen LogP contribution in [0.15, 0.2) is 29.2 Å². The normalized spacial score (nSPS) is 12.1. The van der Waals surface area contributed by atoms with E-state index in [1.165, 1.54) is 12.1 Å². The average molecular weight is 419 g/mol. The molecule has 0 radical (unpaired) electrons. The number of rotatable bonds is 4. The molecule has 0 saturated carbocycles. The van der Waals surface area contributed by atoms with E-state index in [-0.39, 0.29) is 33.6 Å². The van der Waals surface area contributed by atoms with E-state index in [2.05, 4.69) is 12.6 Å². The van der Waals surface area contributed by atoms with Crippen molar-refractivity contribution in [2.45, 2.75) is 63.7 Å². The molecule has 0 saturated heterocycles. The Morgan fingerprint density at radius 2 is 1.41 bits per heavy atom. The summed E-state index contributed by atoms with van der Waals surface area (Å²) in [4.78, 5) is 21.1. The first-order chi connectivity index (χ1) is 13.1. The lowest BCUT2D eigenvalue weighted by Crippen LogP contribution is -2.18. The predicted molar refractivity (Wildman–Crippen MR) is 115 cm³/mol. The molecule has 0 aliphatic carbocycles. The first-order valence-electron chi connectivity index (χ1n) is 9.15. The van der Waals surface area contributed by atoms with Crippen LogP contribution in [0.2, 0.25) is 0 Å². The van der Waals surface area contributed by atoms with Crippen LogP contribution < -0.4 is 0 Å². The van der Waals surface area contributed by atoms with Gasteiger partial charge in [-0.1, -0.05) is 53.7 Å². The number of phenols is 1. The van der Waals surface area contributed by atoms with E-state index in [4.69, 9.17) is 0 Å². The van der Waals surface area contributed by atoms with Crippen LogP contribution in [-0.4, -0.2) is 15.0 Å². The maximum absolute atomic E-state index is 11.6. The van der Waals surface area contributed by atoms with Crippen molar-refractivity contribution < 1.29 is 15.0 Å². The molecule has 0 heterocycles. The predicted octanol–water partition coefficient (Wildman–Crippen LogP) is 5.68. The topological polar surface area (TPSA) is 107 Å². The van der Waals surface area contributed by atoms with Crippen molar-refractivity contribution in [3.8, 4) is 5.75 Å². The third kappa shape index (κ3) is 4.70. The summed E-state index contributed by atoms with van der Waals surface area (Å²) in [5.74, 6) is 0.224. The fourth-order valence-corrected chi connectivity index (χ4v) is 3.65.